The molecule has 0 amide bonds. The van der Waals surface area contributed by atoms with Crippen LogP contribution in [-0.2, 0) is 16.1 Å². The van der Waals surface area contributed by atoms with Crippen molar-refractivity contribution in [2.24, 2.45) is 0 Å². The monoisotopic (exact) mass is 236 g/mol. The lowest BCUT2D eigenvalue weighted by molar-refractivity contribution is -0.341. The van der Waals surface area contributed by atoms with Gasteiger partial charge in [-0.05, 0) is 24.1 Å². The van der Waals surface area contributed by atoms with Gasteiger partial charge in [-0.25, -0.2) is 0 Å². The van der Waals surface area contributed by atoms with Crippen LogP contribution in [0.3, 0.4) is 0 Å². The topological polar surface area (TPSA) is 57.7 Å². The Balaban J connectivity index is 2.14. The normalized spacial score (nSPS) is 11.5. The summed E-state index contributed by atoms with van der Waals surface area (Å²) < 4.78 is 0. The number of hydrogen-bond donors (Lipinski definition) is 2. The van der Waals surface area contributed by atoms with E-state index in [1.54, 1.807) is 26.4 Å². The first kappa shape index (κ1) is 11.9. The lowest BCUT2D eigenvalue weighted by Gasteiger charge is -2.15. The molecule has 2 N–H and O–H groups in total. The lowest BCUT2D eigenvalue weighted by Crippen LogP contribution is -2.23. The molecule has 0 bridgehead atoms. The second kappa shape index (κ2) is 5.18. The largest absolute Gasteiger partial charge is 0.508 e. The van der Waals surface area contributed by atoms with Crippen LogP contribution >= 0.6 is 0 Å². The van der Waals surface area contributed by atoms with Crippen molar-refractivity contribution in [1.29, 1.82) is 0 Å². The van der Waals surface area contributed by atoms with Crippen LogP contribution in [0.4, 0.5) is 0 Å². The van der Waals surface area contributed by atoms with Gasteiger partial charge in [0.2, 0.25) is 0 Å². The highest BCUT2D eigenvalue weighted by atomic mass is 16.9. The summed E-state index contributed by atoms with van der Waals surface area (Å²) in [5.41, 5.74) is 2.10. The van der Waals surface area contributed by atoms with Crippen molar-refractivity contribution in [3.8, 4) is 5.75 Å². The van der Waals surface area contributed by atoms with Crippen LogP contribution in [0.5, 0.6) is 5.75 Å². The highest BCUT2D eigenvalue weighted by Gasteiger charge is 2.07. The third-order valence-electron chi connectivity index (χ3n) is 2.72. The van der Waals surface area contributed by atoms with Gasteiger partial charge in [-0.2, -0.15) is 0 Å². The van der Waals surface area contributed by atoms with Gasteiger partial charge in [-0.1, -0.05) is 5.23 Å². The molecule has 0 aliphatic carbocycles. The van der Waals surface area contributed by atoms with Crippen LogP contribution in [0.25, 0.3) is 10.9 Å². The Kier molecular flexibility index (Phi) is 3.63. The molecular formula is C12H16N2O3. The zero-order valence-electron chi connectivity index (χ0n) is 9.93. The maximum atomic E-state index is 9.37. The molecule has 0 atom stereocenters. The second-order valence-electron chi connectivity index (χ2n) is 3.72. The molecule has 5 nitrogen and oxygen atoms in total. The molecule has 5 heteroatoms. The predicted molar refractivity (Wildman–Crippen MR) is 64.4 cm³/mol. The van der Waals surface area contributed by atoms with E-state index < -0.39 is 0 Å². The first-order chi connectivity index (χ1) is 8.24. The van der Waals surface area contributed by atoms with Crippen molar-refractivity contribution >= 4 is 10.9 Å². The summed E-state index contributed by atoms with van der Waals surface area (Å²) in [6.45, 7) is 0.640. The third kappa shape index (κ3) is 2.58. The fourth-order valence-electron chi connectivity index (χ4n) is 1.85. The van der Waals surface area contributed by atoms with Crippen molar-refractivity contribution in [3.05, 3.63) is 30.0 Å². The minimum absolute atomic E-state index is 0.265. The number of hydrogen-bond acceptors (Lipinski definition) is 4. The molecule has 17 heavy (non-hydrogen) atoms. The summed E-state index contributed by atoms with van der Waals surface area (Å²) in [6.07, 6.45) is 2.74. The number of phenolic OH excluding ortho intramolecular Hbond substituents is 1. The van der Waals surface area contributed by atoms with Crippen molar-refractivity contribution in [1.82, 2.24) is 10.2 Å². The zero-order valence-corrected chi connectivity index (χ0v) is 9.93. The summed E-state index contributed by atoms with van der Waals surface area (Å²) in [4.78, 5) is 13.1. The number of hydroxylamine groups is 2. The fourth-order valence-corrected chi connectivity index (χ4v) is 1.85. The van der Waals surface area contributed by atoms with E-state index in [1.807, 2.05) is 12.3 Å². The van der Waals surface area contributed by atoms with Crippen LogP contribution in [-0.4, -0.2) is 36.1 Å². The number of H-pyrrole nitrogens is 1. The molecular weight excluding hydrogens is 220 g/mol. The lowest BCUT2D eigenvalue weighted by atomic mass is 10.1. The number of phenols is 1. The molecule has 0 fully saturated rings. The molecule has 1 aromatic heterocycles. The number of nitrogens with zero attached hydrogens (tertiary/aromatic N) is 1. The Morgan fingerprint density at radius 2 is 2.06 bits per heavy atom. The third-order valence-corrected chi connectivity index (χ3v) is 2.72. The first-order valence-electron chi connectivity index (χ1n) is 5.39. The van der Waals surface area contributed by atoms with Crippen LogP contribution < -0.4 is 0 Å². The maximum absolute atomic E-state index is 9.37. The summed E-state index contributed by atoms with van der Waals surface area (Å²) in [7, 11) is 3.13. The highest BCUT2D eigenvalue weighted by Crippen LogP contribution is 2.22. The van der Waals surface area contributed by atoms with E-state index in [1.165, 1.54) is 10.8 Å². The van der Waals surface area contributed by atoms with Crippen molar-refractivity contribution < 1.29 is 14.8 Å². The van der Waals surface area contributed by atoms with E-state index in [0.717, 1.165) is 17.3 Å². The summed E-state index contributed by atoms with van der Waals surface area (Å²) in [6, 6.07) is 5.30. The predicted octanol–water partition coefficient (Wildman–Crippen LogP) is 1.84. The summed E-state index contributed by atoms with van der Waals surface area (Å²) in [5, 5.41) is 11.9. The van der Waals surface area contributed by atoms with Crippen LogP contribution in [0.1, 0.15) is 5.56 Å². The van der Waals surface area contributed by atoms with Crippen molar-refractivity contribution in [3.63, 3.8) is 0 Å². The number of fused-ring (bicyclic) bond motifs is 1. The second-order valence-corrected chi connectivity index (χ2v) is 3.72. The van der Waals surface area contributed by atoms with Gasteiger partial charge in [0.25, 0.3) is 0 Å². The van der Waals surface area contributed by atoms with E-state index in [0.29, 0.717) is 6.54 Å². The van der Waals surface area contributed by atoms with Crippen molar-refractivity contribution in [2.45, 2.75) is 6.42 Å². The van der Waals surface area contributed by atoms with Crippen LogP contribution in [0, 0.1) is 0 Å². The molecule has 1 heterocycles. The average Bonchev–Trinajstić information content (AvgIpc) is 2.73. The standard InChI is InChI=1S/C12H16N2O3/c1-16-14(17-2)6-5-9-8-13-12-7-10(15)3-4-11(9)12/h3-4,7-8,13,15H,5-6H2,1-2H3. The van der Waals surface area contributed by atoms with Gasteiger partial charge in [0.1, 0.15) is 5.75 Å². The summed E-state index contributed by atoms with van der Waals surface area (Å²) in [5.74, 6) is 0.265. The molecule has 2 aromatic rings. The average molecular weight is 236 g/mol. The van der Waals surface area contributed by atoms with E-state index >= 15 is 0 Å². The number of rotatable bonds is 5. The first-order valence-corrected chi connectivity index (χ1v) is 5.39. The molecule has 0 spiro atoms. The van der Waals surface area contributed by atoms with Gasteiger partial charge in [0, 0.05) is 23.2 Å². The number of aromatic hydroxyl groups is 1. The zero-order chi connectivity index (χ0) is 12.3. The van der Waals surface area contributed by atoms with E-state index in [4.69, 9.17) is 9.68 Å². The molecule has 0 saturated carbocycles. The summed E-state index contributed by atoms with van der Waals surface area (Å²) >= 11 is 0. The highest BCUT2D eigenvalue weighted by molar-refractivity contribution is 5.84. The Morgan fingerprint density at radius 1 is 1.29 bits per heavy atom. The van der Waals surface area contributed by atoms with Gasteiger partial charge in [-0.3, -0.25) is 9.68 Å². The quantitative estimate of drug-likeness (QED) is 0.778. The minimum Gasteiger partial charge on any atom is -0.508 e. The Labute approximate surface area is 99.5 Å². The molecule has 1 aromatic carbocycles. The molecule has 0 unspecified atom stereocenters. The van der Waals surface area contributed by atoms with Crippen LogP contribution in [0.2, 0.25) is 0 Å². The number of aromatic amines is 1. The number of aromatic nitrogens is 1. The van der Waals surface area contributed by atoms with Crippen molar-refractivity contribution in [2.75, 3.05) is 20.8 Å². The molecule has 0 radical (unpaired) electrons. The van der Waals surface area contributed by atoms with Gasteiger partial charge < -0.3 is 10.1 Å². The Bertz CT molecular complexity index is 491. The van der Waals surface area contributed by atoms with Gasteiger partial charge in [0.05, 0.1) is 20.8 Å². The van der Waals surface area contributed by atoms with Crippen LogP contribution in [0.15, 0.2) is 24.4 Å². The molecule has 0 saturated heterocycles. The number of nitrogens with one attached hydrogen (secondary N) is 1. The molecule has 2 rings (SSSR count). The smallest absolute Gasteiger partial charge is 0.117 e. The Morgan fingerprint density at radius 3 is 2.76 bits per heavy atom. The van der Waals surface area contributed by atoms with E-state index in [2.05, 4.69) is 4.98 Å². The van der Waals surface area contributed by atoms with Gasteiger partial charge in [0.15, 0.2) is 0 Å². The molecule has 0 aliphatic heterocycles. The fraction of sp³-hybridized carbons (Fsp3) is 0.333. The maximum Gasteiger partial charge on any atom is 0.117 e. The van der Waals surface area contributed by atoms with Gasteiger partial charge in [-0.15, -0.1) is 0 Å². The van der Waals surface area contributed by atoms with Gasteiger partial charge >= 0.3 is 0 Å². The van der Waals surface area contributed by atoms with E-state index in [9.17, 15) is 5.11 Å². The Hall–Kier alpha value is -1.56. The van der Waals surface area contributed by atoms with E-state index in [-0.39, 0.29) is 5.75 Å². The minimum atomic E-state index is 0.265. The molecule has 92 valence electrons. The SMILES string of the molecule is CON(CCc1c[nH]c2cc(O)ccc12)OC. The number of benzene rings is 1. The molecule has 0 aliphatic rings.